The Labute approximate surface area is 159 Å². The third-order valence-electron chi connectivity index (χ3n) is 4.23. The molecule has 3 aromatic rings. The van der Waals surface area contributed by atoms with Crippen molar-refractivity contribution in [1.82, 2.24) is 4.98 Å². The molecule has 25 heavy (non-hydrogen) atoms. The second-order valence-electron chi connectivity index (χ2n) is 5.88. The molecule has 0 atom stereocenters. The first-order chi connectivity index (χ1) is 11.9. The SMILES string of the molecule is Cc1nc(-c2ccc3c(c2)CCN3S(=O)(=O)c2cccc(Br)c2)cs1. The minimum Gasteiger partial charge on any atom is -0.266 e. The Kier molecular flexibility index (Phi) is 4.17. The Morgan fingerprint density at radius 3 is 2.76 bits per heavy atom. The van der Waals surface area contributed by atoms with Gasteiger partial charge in [0, 0.05) is 22.0 Å². The fourth-order valence-corrected chi connectivity index (χ4v) is 5.75. The largest absolute Gasteiger partial charge is 0.266 e. The molecule has 1 aliphatic rings. The summed E-state index contributed by atoms with van der Waals surface area (Å²) < 4.78 is 28.3. The molecule has 4 nitrogen and oxygen atoms in total. The van der Waals surface area contributed by atoms with Crippen LogP contribution in [0.5, 0.6) is 0 Å². The van der Waals surface area contributed by atoms with Gasteiger partial charge in [-0.05, 0) is 49.2 Å². The number of nitrogens with zero attached hydrogens (tertiary/aromatic N) is 2. The highest BCUT2D eigenvalue weighted by Gasteiger charge is 2.31. The fourth-order valence-electron chi connectivity index (χ4n) is 3.03. The number of anilines is 1. The van der Waals surface area contributed by atoms with E-state index < -0.39 is 10.0 Å². The Morgan fingerprint density at radius 1 is 1.20 bits per heavy atom. The molecule has 7 heteroatoms. The Morgan fingerprint density at radius 2 is 2.04 bits per heavy atom. The normalized spacial score (nSPS) is 13.9. The second kappa shape index (κ2) is 6.23. The van der Waals surface area contributed by atoms with Gasteiger partial charge in [-0.1, -0.05) is 28.1 Å². The van der Waals surface area contributed by atoms with Crippen LogP contribution in [-0.4, -0.2) is 19.9 Å². The number of thiazole rings is 1. The lowest BCUT2D eigenvalue weighted by Gasteiger charge is -2.20. The molecule has 0 amide bonds. The number of aromatic nitrogens is 1. The van der Waals surface area contributed by atoms with Gasteiger partial charge in [-0.2, -0.15) is 0 Å². The van der Waals surface area contributed by atoms with E-state index in [0.717, 1.165) is 32.0 Å². The third-order valence-corrected chi connectivity index (χ3v) is 7.31. The van der Waals surface area contributed by atoms with E-state index in [1.165, 1.54) is 4.31 Å². The van der Waals surface area contributed by atoms with Crippen molar-refractivity contribution < 1.29 is 8.42 Å². The standard InChI is InChI=1S/C18H15BrN2O2S2/c1-12-20-17(11-24-12)13-5-6-18-14(9-13)7-8-21(18)25(22,23)16-4-2-3-15(19)10-16/h2-6,9-11H,7-8H2,1H3. The number of halogens is 1. The maximum atomic E-state index is 13.0. The summed E-state index contributed by atoms with van der Waals surface area (Å²) in [6, 6.07) is 12.7. The second-order valence-corrected chi connectivity index (χ2v) is 9.72. The van der Waals surface area contributed by atoms with Crippen molar-refractivity contribution in [2.75, 3.05) is 10.8 Å². The van der Waals surface area contributed by atoms with E-state index in [2.05, 4.69) is 27.0 Å². The molecule has 1 aromatic heterocycles. The van der Waals surface area contributed by atoms with E-state index in [1.807, 2.05) is 30.5 Å². The predicted molar refractivity (Wildman–Crippen MR) is 105 cm³/mol. The van der Waals surface area contributed by atoms with E-state index in [4.69, 9.17) is 0 Å². The summed E-state index contributed by atoms with van der Waals surface area (Å²) in [6.07, 6.45) is 0.708. The molecular formula is C18H15BrN2O2S2. The van der Waals surface area contributed by atoms with Gasteiger partial charge >= 0.3 is 0 Å². The number of fused-ring (bicyclic) bond motifs is 1. The van der Waals surface area contributed by atoms with Gasteiger partial charge in [-0.25, -0.2) is 13.4 Å². The van der Waals surface area contributed by atoms with Crippen molar-refractivity contribution in [3.05, 3.63) is 62.9 Å². The molecule has 0 unspecified atom stereocenters. The smallest absolute Gasteiger partial charge is 0.264 e. The van der Waals surface area contributed by atoms with Crippen LogP contribution < -0.4 is 4.31 Å². The van der Waals surface area contributed by atoms with Gasteiger partial charge in [0.25, 0.3) is 10.0 Å². The lowest BCUT2D eigenvalue weighted by atomic mass is 10.1. The van der Waals surface area contributed by atoms with Gasteiger partial charge in [0.15, 0.2) is 0 Å². The molecule has 128 valence electrons. The van der Waals surface area contributed by atoms with Crippen LogP contribution in [0.4, 0.5) is 5.69 Å². The number of hydrogen-bond acceptors (Lipinski definition) is 4. The van der Waals surface area contributed by atoms with Crippen molar-refractivity contribution in [2.45, 2.75) is 18.2 Å². The van der Waals surface area contributed by atoms with Gasteiger partial charge in [0.2, 0.25) is 0 Å². The molecular weight excluding hydrogens is 420 g/mol. The average molecular weight is 435 g/mol. The van der Waals surface area contributed by atoms with E-state index in [-0.39, 0.29) is 0 Å². The number of hydrogen-bond donors (Lipinski definition) is 0. The molecule has 0 saturated heterocycles. The monoisotopic (exact) mass is 434 g/mol. The van der Waals surface area contributed by atoms with Crippen molar-refractivity contribution in [3.8, 4) is 11.3 Å². The number of aryl methyl sites for hydroxylation is 1. The lowest BCUT2D eigenvalue weighted by Crippen LogP contribution is -2.29. The van der Waals surface area contributed by atoms with Gasteiger partial charge in [0.05, 0.1) is 21.3 Å². The first-order valence-electron chi connectivity index (χ1n) is 7.79. The zero-order valence-electron chi connectivity index (χ0n) is 13.4. The highest BCUT2D eigenvalue weighted by molar-refractivity contribution is 9.10. The van der Waals surface area contributed by atoms with Crippen LogP contribution in [-0.2, 0) is 16.4 Å². The summed E-state index contributed by atoms with van der Waals surface area (Å²) in [5, 5.41) is 3.05. The molecule has 2 heterocycles. The summed E-state index contributed by atoms with van der Waals surface area (Å²) in [4.78, 5) is 4.81. The number of sulfonamides is 1. The number of benzene rings is 2. The zero-order valence-corrected chi connectivity index (χ0v) is 16.7. The Bertz CT molecular complexity index is 1060. The van der Waals surface area contributed by atoms with Crippen LogP contribution in [0.1, 0.15) is 10.6 Å². The van der Waals surface area contributed by atoms with Crippen LogP contribution in [0.15, 0.2) is 57.2 Å². The van der Waals surface area contributed by atoms with Crippen LogP contribution in [0.2, 0.25) is 0 Å². The van der Waals surface area contributed by atoms with Crippen molar-refractivity contribution in [2.24, 2.45) is 0 Å². The quantitative estimate of drug-likeness (QED) is 0.603. The first-order valence-corrected chi connectivity index (χ1v) is 10.9. The van der Waals surface area contributed by atoms with E-state index in [1.54, 1.807) is 29.5 Å². The number of rotatable bonds is 3. The summed E-state index contributed by atoms with van der Waals surface area (Å²) in [5.41, 5.74) is 3.78. The van der Waals surface area contributed by atoms with Crippen LogP contribution in [0.3, 0.4) is 0 Å². The topological polar surface area (TPSA) is 50.3 Å². The van der Waals surface area contributed by atoms with E-state index >= 15 is 0 Å². The molecule has 0 bridgehead atoms. The average Bonchev–Trinajstić information content (AvgIpc) is 3.20. The van der Waals surface area contributed by atoms with Crippen LogP contribution in [0, 0.1) is 6.92 Å². The van der Waals surface area contributed by atoms with E-state index in [9.17, 15) is 8.42 Å². The van der Waals surface area contributed by atoms with Crippen LogP contribution >= 0.6 is 27.3 Å². The summed E-state index contributed by atoms with van der Waals surface area (Å²) in [7, 11) is -3.56. The summed E-state index contributed by atoms with van der Waals surface area (Å²) in [6.45, 7) is 2.44. The third kappa shape index (κ3) is 3.01. The maximum Gasteiger partial charge on any atom is 0.264 e. The van der Waals surface area contributed by atoms with Crippen molar-refractivity contribution in [1.29, 1.82) is 0 Å². The van der Waals surface area contributed by atoms with Gasteiger partial charge < -0.3 is 0 Å². The molecule has 0 radical (unpaired) electrons. The molecule has 0 N–H and O–H groups in total. The van der Waals surface area contributed by atoms with Crippen molar-refractivity contribution in [3.63, 3.8) is 0 Å². The predicted octanol–water partition coefficient (Wildman–Crippen LogP) is 4.63. The summed E-state index contributed by atoms with van der Waals surface area (Å²) >= 11 is 4.96. The van der Waals surface area contributed by atoms with Crippen molar-refractivity contribution >= 4 is 43.0 Å². The van der Waals surface area contributed by atoms with Crippen LogP contribution in [0.25, 0.3) is 11.3 Å². The summed E-state index contributed by atoms with van der Waals surface area (Å²) in [5.74, 6) is 0. The first kappa shape index (κ1) is 16.8. The zero-order chi connectivity index (χ0) is 17.6. The molecule has 0 fully saturated rings. The fraction of sp³-hybridized carbons (Fsp3) is 0.167. The molecule has 0 spiro atoms. The molecule has 0 saturated carbocycles. The highest BCUT2D eigenvalue weighted by atomic mass is 79.9. The molecule has 2 aromatic carbocycles. The molecule has 0 aliphatic carbocycles. The molecule has 4 rings (SSSR count). The van der Waals surface area contributed by atoms with Gasteiger partial charge in [-0.3, -0.25) is 4.31 Å². The minimum absolute atomic E-state index is 0.300. The minimum atomic E-state index is -3.56. The van der Waals surface area contributed by atoms with E-state index in [0.29, 0.717) is 17.9 Å². The van der Waals surface area contributed by atoms with Gasteiger partial charge in [-0.15, -0.1) is 11.3 Å². The maximum absolute atomic E-state index is 13.0. The highest BCUT2D eigenvalue weighted by Crippen LogP contribution is 2.36. The molecule has 1 aliphatic heterocycles. The van der Waals surface area contributed by atoms with Gasteiger partial charge in [0.1, 0.15) is 0 Å². The Balaban J connectivity index is 1.73. The Hall–Kier alpha value is -1.70. The lowest BCUT2D eigenvalue weighted by molar-refractivity contribution is 0.592.